The summed E-state index contributed by atoms with van der Waals surface area (Å²) in [5, 5.41) is 20.9. The minimum absolute atomic E-state index is 0.532. The predicted octanol–water partition coefficient (Wildman–Crippen LogP) is 4.37. The molecule has 0 aliphatic rings. The summed E-state index contributed by atoms with van der Waals surface area (Å²) in [6.07, 6.45) is 1.43. The Labute approximate surface area is 163 Å². The maximum absolute atomic E-state index is 10.5. The fourth-order valence-corrected chi connectivity index (χ4v) is 1.89. The van der Waals surface area contributed by atoms with Crippen LogP contribution in [-0.4, -0.2) is 35.5 Å². The molecule has 3 aromatic rings. The minimum Gasteiger partial charge on any atom is -0.619 e. The topological polar surface area (TPSA) is 86.3 Å². The number of rotatable bonds is 4. The molecule has 6 nitrogen and oxygen atoms in total. The summed E-state index contributed by atoms with van der Waals surface area (Å²) in [6, 6.07) is 24.3. The molecule has 0 saturated carbocycles. The van der Waals surface area contributed by atoms with Crippen LogP contribution in [0.25, 0.3) is 0 Å². The van der Waals surface area contributed by atoms with E-state index in [2.05, 4.69) is 13.4 Å². The number of para-hydroxylation sites is 2. The molecule has 0 unspecified atom stereocenters. The van der Waals surface area contributed by atoms with E-state index in [9.17, 15) is 20.0 Å². The smallest absolute Gasteiger partial charge is 0.215 e. The van der Waals surface area contributed by atoms with Crippen LogP contribution in [-0.2, 0) is 0 Å². The van der Waals surface area contributed by atoms with E-state index in [1.165, 1.54) is 0 Å². The van der Waals surface area contributed by atoms with Gasteiger partial charge in [-0.2, -0.15) is 9.48 Å². The van der Waals surface area contributed by atoms with Gasteiger partial charge in [-0.3, -0.25) is 9.59 Å². The van der Waals surface area contributed by atoms with E-state index in [4.69, 9.17) is 0 Å². The second-order valence-electron chi connectivity index (χ2n) is 5.33. The molecular weight excluding hydrogens is 356 g/mol. The number of benzene rings is 3. The molecule has 0 heterocycles. The molecule has 0 spiro atoms. The van der Waals surface area contributed by atoms with Crippen molar-refractivity contribution in [2.75, 3.05) is 0 Å². The van der Waals surface area contributed by atoms with Gasteiger partial charge in [0, 0.05) is 35.4 Å². The number of aldehydes is 2. The van der Waals surface area contributed by atoms with E-state index in [1.54, 1.807) is 72.8 Å². The molecule has 0 fully saturated rings. The Hall–Kier alpha value is -4.06. The number of hydrogen-bond acceptors (Lipinski definition) is 4. The monoisotopic (exact) mass is 376 g/mol. The van der Waals surface area contributed by atoms with Crippen molar-refractivity contribution < 1.29 is 19.1 Å². The Bertz CT molecular complexity index is 837. The lowest BCUT2D eigenvalue weighted by Gasteiger charge is -1.96. The van der Waals surface area contributed by atoms with Crippen molar-refractivity contribution in [1.29, 1.82) is 0 Å². The zero-order valence-electron chi connectivity index (χ0n) is 15.2. The van der Waals surface area contributed by atoms with Gasteiger partial charge in [-0.1, -0.05) is 54.6 Å². The zero-order valence-corrected chi connectivity index (χ0v) is 15.2. The van der Waals surface area contributed by atoms with Crippen molar-refractivity contribution >= 4 is 37.4 Å². The molecule has 28 heavy (non-hydrogen) atoms. The van der Waals surface area contributed by atoms with Gasteiger partial charge in [-0.05, 0) is 6.07 Å². The molecule has 6 heteroatoms. The summed E-state index contributed by atoms with van der Waals surface area (Å²) in [4.78, 5) is 20.3. The van der Waals surface area contributed by atoms with Crippen LogP contribution in [0.5, 0.6) is 0 Å². The first-order valence-corrected chi connectivity index (χ1v) is 8.14. The fraction of sp³-hybridized carbons (Fsp3) is 0. The van der Waals surface area contributed by atoms with Gasteiger partial charge in [0.05, 0.1) is 0 Å². The van der Waals surface area contributed by atoms with Crippen molar-refractivity contribution in [3.8, 4) is 0 Å². The van der Waals surface area contributed by atoms with Crippen molar-refractivity contribution in [2.45, 2.75) is 0 Å². The molecule has 0 aromatic heterocycles. The first-order valence-electron chi connectivity index (χ1n) is 8.14. The Morgan fingerprint density at radius 1 is 0.607 bits per heavy atom. The van der Waals surface area contributed by atoms with Gasteiger partial charge in [0.2, 0.25) is 11.4 Å². The Kier molecular flexibility index (Phi) is 9.67. The van der Waals surface area contributed by atoms with Crippen LogP contribution in [0.4, 0.5) is 11.4 Å². The number of nitrogens with zero attached hydrogens (tertiary/aromatic N) is 2. The number of carbonyl (C=O) groups is 2. The largest absolute Gasteiger partial charge is 0.619 e. The fourth-order valence-electron chi connectivity index (χ4n) is 1.89. The van der Waals surface area contributed by atoms with Crippen LogP contribution >= 0.6 is 0 Å². The third kappa shape index (κ3) is 8.35. The van der Waals surface area contributed by atoms with Gasteiger partial charge in [0.25, 0.3) is 0 Å². The summed E-state index contributed by atoms with van der Waals surface area (Å²) in [6.45, 7) is 6.37. The number of hydrogen-bond donors (Lipinski definition) is 0. The Morgan fingerprint density at radius 3 is 1.21 bits per heavy atom. The van der Waals surface area contributed by atoms with Gasteiger partial charge in [-0.15, -0.1) is 0 Å². The summed E-state index contributed by atoms with van der Waals surface area (Å²) in [5.74, 6) is 0. The van der Waals surface area contributed by atoms with Gasteiger partial charge < -0.3 is 10.4 Å². The molecule has 0 atom stereocenters. The van der Waals surface area contributed by atoms with Gasteiger partial charge in [0.15, 0.2) is 0 Å². The second kappa shape index (κ2) is 12.3. The van der Waals surface area contributed by atoms with Gasteiger partial charge in [-0.25, -0.2) is 0 Å². The third-order valence-corrected chi connectivity index (χ3v) is 3.27. The normalized spacial score (nSPS) is 8.86. The highest BCUT2D eigenvalue weighted by molar-refractivity contribution is 5.81. The lowest BCUT2D eigenvalue weighted by molar-refractivity contribution is -0.350. The molecule has 0 aliphatic carbocycles. The van der Waals surface area contributed by atoms with E-state index in [-0.39, 0.29) is 0 Å². The van der Waals surface area contributed by atoms with Crippen LogP contribution in [0.2, 0.25) is 0 Å². The standard InChI is InChI=1S/C8H6O2.2C7H7NO/c9-5-7-2-1-3-8(4-7)6-10;2*1-8(9)7-5-3-2-4-6-7/h1-6H;2*2-6H,1H2. The molecule has 0 amide bonds. The van der Waals surface area contributed by atoms with Gasteiger partial charge in [0.1, 0.15) is 26.0 Å². The second-order valence-corrected chi connectivity index (χ2v) is 5.33. The van der Waals surface area contributed by atoms with Crippen molar-refractivity contribution in [1.82, 2.24) is 0 Å². The van der Waals surface area contributed by atoms with Crippen LogP contribution in [0.1, 0.15) is 20.7 Å². The molecule has 142 valence electrons. The van der Waals surface area contributed by atoms with Crippen LogP contribution in [0.3, 0.4) is 0 Å². The van der Waals surface area contributed by atoms with E-state index in [0.29, 0.717) is 44.6 Å². The molecule has 3 rings (SSSR count). The van der Waals surface area contributed by atoms with E-state index >= 15 is 0 Å². The van der Waals surface area contributed by atoms with Crippen molar-refractivity contribution in [3.05, 3.63) is 106 Å². The molecule has 3 aromatic carbocycles. The lowest BCUT2D eigenvalue weighted by atomic mass is 10.2. The molecule has 0 bridgehead atoms. The number of carbonyl (C=O) groups excluding carboxylic acids is 2. The van der Waals surface area contributed by atoms with Crippen molar-refractivity contribution in [3.63, 3.8) is 0 Å². The molecule has 0 radical (unpaired) electrons. The highest BCUT2D eigenvalue weighted by Crippen LogP contribution is 2.07. The molecule has 0 N–H and O–H groups in total. The predicted molar refractivity (Wildman–Crippen MR) is 111 cm³/mol. The van der Waals surface area contributed by atoms with Crippen LogP contribution < -0.4 is 0 Å². The average Bonchev–Trinajstić information content (AvgIpc) is 2.76. The highest BCUT2D eigenvalue weighted by Gasteiger charge is 1.92. The maximum Gasteiger partial charge on any atom is 0.215 e. The lowest BCUT2D eigenvalue weighted by Crippen LogP contribution is -1.86. The van der Waals surface area contributed by atoms with E-state index < -0.39 is 0 Å². The summed E-state index contributed by atoms with van der Waals surface area (Å²) >= 11 is 0. The first-order chi connectivity index (χ1) is 13.5. The maximum atomic E-state index is 10.5. The van der Waals surface area contributed by atoms with Gasteiger partial charge >= 0.3 is 0 Å². The Morgan fingerprint density at radius 2 is 0.964 bits per heavy atom. The SMILES string of the molecule is C=[N+]([O-])c1ccccc1.C=[N+]([O-])c1ccccc1.O=Cc1cccc(C=O)c1. The zero-order chi connectivity index (χ0) is 20.8. The quantitative estimate of drug-likeness (QED) is 0.222. The van der Waals surface area contributed by atoms with E-state index in [1.807, 2.05) is 12.1 Å². The third-order valence-electron chi connectivity index (χ3n) is 3.27. The van der Waals surface area contributed by atoms with Crippen LogP contribution in [0.15, 0.2) is 84.9 Å². The summed E-state index contributed by atoms with van der Waals surface area (Å²) < 4.78 is 1.17. The Balaban J connectivity index is 0.000000210. The van der Waals surface area contributed by atoms with E-state index in [0.717, 1.165) is 0 Å². The summed E-state index contributed by atoms with van der Waals surface area (Å²) in [7, 11) is 0. The molecule has 0 aliphatic heterocycles. The van der Waals surface area contributed by atoms with Crippen LogP contribution in [0, 0.1) is 10.4 Å². The highest BCUT2D eigenvalue weighted by atomic mass is 16.5. The molecule has 0 saturated heterocycles. The average molecular weight is 376 g/mol. The summed E-state index contributed by atoms with van der Waals surface area (Å²) in [5.41, 5.74) is 2.23. The minimum atomic E-state index is 0.532. The molecular formula is C22H20N2O4. The first kappa shape index (κ1) is 22.0. The van der Waals surface area contributed by atoms with Crippen molar-refractivity contribution in [2.24, 2.45) is 0 Å².